The number of aliphatic hydroxyl groups is 1. The van der Waals surface area contributed by atoms with Crippen molar-refractivity contribution in [1.82, 2.24) is 14.9 Å². The van der Waals surface area contributed by atoms with Gasteiger partial charge in [-0.1, -0.05) is 23.7 Å². The number of alkyl halides is 3. The zero-order valence-electron chi connectivity index (χ0n) is 12.4. The zero-order valence-corrected chi connectivity index (χ0v) is 13.2. The minimum absolute atomic E-state index is 0.0324. The van der Waals surface area contributed by atoms with Crippen molar-refractivity contribution >= 4 is 11.6 Å². The summed E-state index contributed by atoms with van der Waals surface area (Å²) in [4.78, 5) is 3.65. The Hall–Kier alpha value is -1.57. The van der Waals surface area contributed by atoms with E-state index in [4.69, 9.17) is 11.6 Å². The molecule has 0 saturated heterocycles. The molecule has 1 heterocycles. The van der Waals surface area contributed by atoms with Gasteiger partial charge in [-0.15, -0.1) is 0 Å². The number of aryl methyl sites for hydroxylation is 1. The van der Waals surface area contributed by atoms with Crippen LogP contribution in [0.4, 0.5) is 13.2 Å². The lowest BCUT2D eigenvalue weighted by Gasteiger charge is -2.30. The van der Waals surface area contributed by atoms with Crippen LogP contribution in [0, 0.1) is 0 Å². The van der Waals surface area contributed by atoms with E-state index < -0.39 is 24.0 Å². The molecule has 1 aromatic heterocycles. The molecule has 0 amide bonds. The fourth-order valence-corrected chi connectivity index (χ4v) is 2.51. The second-order valence-corrected chi connectivity index (χ2v) is 5.71. The fraction of sp³-hybridized carbons (Fsp3) is 0.400. The largest absolute Gasteiger partial charge is 0.424 e. The van der Waals surface area contributed by atoms with Gasteiger partial charge in [0, 0.05) is 37.4 Å². The first-order chi connectivity index (χ1) is 10.7. The molecule has 0 aliphatic rings. The van der Waals surface area contributed by atoms with Crippen LogP contribution in [0.3, 0.4) is 0 Å². The SMILES string of the molecule is Cn1ccnc1C(O)(CCNCc1cccc(Cl)c1)C(F)(F)F. The highest BCUT2D eigenvalue weighted by molar-refractivity contribution is 6.30. The smallest absolute Gasteiger partial charge is 0.374 e. The molecule has 2 aromatic rings. The Morgan fingerprint density at radius 2 is 2.09 bits per heavy atom. The summed E-state index contributed by atoms with van der Waals surface area (Å²) in [6.07, 6.45) is -2.76. The molecule has 0 fully saturated rings. The number of halogens is 4. The van der Waals surface area contributed by atoms with Gasteiger partial charge in [-0.3, -0.25) is 0 Å². The van der Waals surface area contributed by atoms with Gasteiger partial charge >= 0.3 is 6.18 Å². The summed E-state index contributed by atoms with van der Waals surface area (Å²) in [5, 5.41) is 13.6. The maximum Gasteiger partial charge on any atom is 0.424 e. The quantitative estimate of drug-likeness (QED) is 0.790. The summed E-state index contributed by atoms with van der Waals surface area (Å²) in [6.45, 7) is 0.324. The highest BCUT2D eigenvalue weighted by Crippen LogP contribution is 2.40. The molecule has 1 aromatic carbocycles. The van der Waals surface area contributed by atoms with Gasteiger partial charge in [-0.2, -0.15) is 13.2 Å². The molecule has 8 heteroatoms. The van der Waals surface area contributed by atoms with Crippen molar-refractivity contribution in [2.24, 2.45) is 7.05 Å². The maximum atomic E-state index is 13.3. The van der Waals surface area contributed by atoms with E-state index in [9.17, 15) is 18.3 Å². The van der Waals surface area contributed by atoms with Crippen LogP contribution >= 0.6 is 11.6 Å². The Morgan fingerprint density at radius 1 is 1.35 bits per heavy atom. The van der Waals surface area contributed by atoms with E-state index in [2.05, 4.69) is 10.3 Å². The average molecular weight is 348 g/mol. The lowest BCUT2D eigenvalue weighted by Crippen LogP contribution is -2.46. The van der Waals surface area contributed by atoms with E-state index in [0.29, 0.717) is 11.6 Å². The van der Waals surface area contributed by atoms with Crippen LogP contribution in [0.5, 0.6) is 0 Å². The van der Waals surface area contributed by atoms with Crippen molar-refractivity contribution in [3.8, 4) is 0 Å². The Morgan fingerprint density at radius 3 is 2.65 bits per heavy atom. The van der Waals surface area contributed by atoms with Crippen molar-refractivity contribution in [1.29, 1.82) is 0 Å². The first-order valence-electron chi connectivity index (χ1n) is 6.96. The predicted octanol–water partition coefficient (Wildman–Crippen LogP) is 3.00. The van der Waals surface area contributed by atoms with E-state index in [1.54, 1.807) is 18.2 Å². The molecule has 0 spiro atoms. The topological polar surface area (TPSA) is 50.1 Å². The molecule has 2 rings (SSSR count). The molecule has 0 aliphatic carbocycles. The Kier molecular flexibility index (Phi) is 5.33. The molecule has 0 aliphatic heterocycles. The summed E-state index contributed by atoms with van der Waals surface area (Å²) < 4.78 is 41.1. The summed E-state index contributed by atoms with van der Waals surface area (Å²) in [5.41, 5.74) is -2.14. The van der Waals surface area contributed by atoms with Crippen molar-refractivity contribution in [3.63, 3.8) is 0 Å². The second kappa shape index (κ2) is 6.90. The summed E-state index contributed by atoms with van der Waals surface area (Å²) in [5.74, 6) is -0.422. The van der Waals surface area contributed by atoms with E-state index in [1.807, 2.05) is 6.07 Å². The normalized spacial score (nSPS) is 14.7. The number of rotatable bonds is 6. The lowest BCUT2D eigenvalue weighted by atomic mass is 9.97. The monoisotopic (exact) mass is 347 g/mol. The highest BCUT2D eigenvalue weighted by atomic mass is 35.5. The van der Waals surface area contributed by atoms with Gasteiger partial charge in [-0.25, -0.2) is 4.98 Å². The lowest BCUT2D eigenvalue weighted by molar-refractivity contribution is -0.272. The molecule has 0 bridgehead atoms. The van der Waals surface area contributed by atoms with Gasteiger partial charge in [0.2, 0.25) is 5.60 Å². The summed E-state index contributed by atoms with van der Waals surface area (Å²) in [6, 6.07) is 7.02. The number of hydrogen-bond acceptors (Lipinski definition) is 3. The third kappa shape index (κ3) is 4.04. The third-order valence-electron chi connectivity index (χ3n) is 3.54. The second-order valence-electron chi connectivity index (χ2n) is 5.28. The van der Waals surface area contributed by atoms with Gasteiger partial charge in [0.25, 0.3) is 0 Å². The molecule has 1 unspecified atom stereocenters. The number of aromatic nitrogens is 2. The molecule has 0 saturated carbocycles. The zero-order chi connectivity index (χ0) is 17.1. The molecule has 1 atom stereocenters. The van der Waals surface area contributed by atoms with Crippen molar-refractivity contribution < 1.29 is 18.3 Å². The third-order valence-corrected chi connectivity index (χ3v) is 3.78. The minimum atomic E-state index is -4.82. The predicted molar refractivity (Wildman–Crippen MR) is 80.9 cm³/mol. The number of nitrogens with one attached hydrogen (secondary N) is 1. The summed E-state index contributed by atoms with van der Waals surface area (Å²) >= 11 is 5.85. The van der Waals surface area contributed by atoms with Crippen LogP contribution in [0.2, 0.25) is 5.02 Å². The van der Waals surface area contributed by atoms with Gasteiger partial charge in [0.05, 0.1) is 0 Å². The van der Waals surface area contributed by atoms with Crippen molar-refractivity contribution in [2.45, 2.75) is 24.7 Å². The van der Waals surface area contributed by atoms with E-state index in [-0.39, 0.29) is 6.54 Å². The number of nitrogens with zero attached hydrogens (tertiary/aromatic N) is 2. The number of hydrogen-bond donors (Lipinski definition) is 2. The number of imidazole rings is 1. The molecule has 0 radical (unpaired) electrons. The van der Waals surface area contributed by atoms with E-state index >= 15 is 0 Å². The van der Waals surface area contributed by atoms with Crippen LogP contribution in [-0.2, 0) is 19.2 Å². The molecule has 23 heavy (non-hydrogen) atoms. The van der Waals surface area contributed by atoms with E-state index in [1.165, 1.54) is 24.0 Å². The van der Waals surface area contributed by atoms with Crippen LogP contribution in [0.25, 0.3) is 0 Å². The summed E-state index contributed by atoms with van der Waals surface area (Å²) in [7, 11) is 1.42. The molecule has 2 N–H and O–H groups in total. The van der Waals surface area contributed by atoms with Gasteiger partial charge in [0.1, 0.15) is 5.82 Å². The number of benzene rings is 1. The first-order valence-corrected chi connectivity index (χ1v) is 7.34. The van der Waals surface area contributed by atoms with Gasteiger partial charge in [0.15, 0.2) is 0 Å². The maximum absolute atomic E-state index is 13.3. The standard InChI is InChI=1S/C15H17ClF3N3O/c1-22-8-7-21-13(22)14(23,15(17,18)19)5-6-20-10-11-3-2-4-12(16)9-11/h2-4,7-9,20,23H,5-6,10H2,1H3. The Balaban J connectivity index is 2.01. The van der Waals surface area contributed by atoms with Crippen LogP contribution < -0.4 is 5.32 Å². The van der Waals surface area contributed by atoms with Crippen molar-refractivity contribution in [3.05, 3.63) is 53.1 Å². The van der Waals surface area contributed by atoms with Crippen LogP contribution in [0.1, 0.15) is 17.8 Å². The first kappa shape index (κ1) is 17.8. The van der Waals surface area contributed by atoms with E-state index in [0.717, 1.165) is 5.56 Å². The van der Waals surface area contributed by atoms with Crippen LogP contribution in [-0.4, -0.2) is 27.4 Å². The molecular weight excluding hydrogens is 331 g/mol. The highest BCUT2D eigenvalue weighted by Gasteiger charge is 2.56. The van der Waals surface area contributed by atoms with Crippen LogP contribution in [0.15, 0.2) is 36.7 Å². The Bertz CT molecular complexity index is 659. The Labute approximate surface area is 136 Å². The van der Waals surface area contributed by atoms with Gasteiger partial charge in [-0.05, 0) is 24.2 Å². The molecular formula is C15H17ClF3N3O. The fourth-order valence-electron chi connectivity index (χ4n) is 2.29. The van der Waals surface area contributed by atoms with Crippen molar-refractivity contribution in [2.75, 3.05) is 6.54 Å². The molecule has 126 valence electrons. The van der Waals surface area contributed by atoms with Gasteiger partial charge < -0.3 is 15.0 Å². The molecule has 4 nitrogen and oxygen atoms in total. The minimum Gasteiger partial charge on any atom is -0.374 e. The average Bonchev–Trinajstić information content (AvgIpc) is 2.89.